The Kier molecular flexibility index (Phi) is 5.73. The van der Waals surface area contributed by atoms with Crippen LogP contribution in [-0.4, -0.2) is 27.1 Å². The molecular formula is C14H23N3O2. The molecule has 0 aliphatic rings. The van der Waals surface area contributed by atoms with Crippen molar-refractivity contribution >= 4 is 11.9 Å². The fraction of sp³-hybridized carbons (Fsp3) is 0.643. The van der Waals surface area contributed by atoms with Gasteiger partial charge in [-0.05, 0) is 31.2 Å². The third kappa shape index (κ3) is 4.85. The zero-order valence-corrected chi connectivity index (χ0v) is 12.1. The molecule has 5 heteroatoms. The molecule has 0 aliphatic carbocycles. The fourth-order valence-electron chi connectivity index (χ4n) is 1.83. The number of hydrogen-bond acceptors (Lipinski definition) is 4. The van der Waals surface area contributed by atoms with Crippen molar-refractivity contribution in [2.45, 2.75) is 53.0 Å². The lowest BCUT2D eigenvalue weighted by Gasteiger charge is -2.17. The minimum atomic E-state index is -0.864. The minimum Gasteiger partial charge on any atom is -0.480 e. The van der Waals surface area contributed by atoms with Crippen LogP contribution in [0.25, 0.3) is 0 Å². The molecule has 0 saturated carbocycles. The number of aliphatic carboxylic acids is 1. The summed E-state index contributed by atoms with van der Waals surface area (Å²) in [4.78, 5) is 19.9. The number of nitrogens with zero attached hydrogens (tertiary/aromatic N) is 2. The second-order valence-electron chi connectivity index (χ2n) is 5.05. The fourth-order valence-corrected chi connectivity index (χ4v) is 1.83. The molecule has 0 spiro atoms. The molecule has 106 valence electrons. The number of carboxylic acid groups (broad SMARTS) is 1. The maximum absolute atomic E-state index is 11.2. The zero-order chi connectivity index (χ0) is 14.4. The number of nitrogens with one attached hydrogen (secondary N) is 1. The van der Waals surface area contributed by atoms with E-state index in [-0.39, 0.29) is 0 Å². The second kappa shape index (κ2) is 7.07. The molecular weight excluding hydrogens is 242 g/mol. The Morgan fingerprint density at radius 3 is 2.16 bits per heavy atom. The summed E-state index contributed by atoms with van der Waals surface area (Å²) in [6.45, 7) is 8.04. The molecule has 1 aromatic heterocycles. The molecule has 1 heterocycles. The molecule has 2 N–H and O–H groups in total. The van der Waals surface area contributed by atoms with Gasteiger partial charge in [-0.2, -0.15) is 0 Å². The van der Waals surface area contributed by atoms with Crippen LogP contribution >= 0.6 is 0 Å². The van der Waals surface area contributed by atoms with Crippen LogP contribution in [0.5, 0.6) is 0 Å². The average molecular weight is 265 g/mol. The quantitative estimate of drug-likeness (QED) is 0.792. The van der Waals surface area contributed by atoms with E-state index in [0.29, 0.717) is 18.3 Å². The predicted molar refractivity (Wildman–Crippen MR) is 75.3 cm³/mol. The normalized spacial score (nSPS) is 12.5. The summed E-state index contributed by atoms with van der Waals surface area (Å²) in [6, 6.07) is 1.32. The van der Waals surface area contributed by atoms with Crippen LogP contribution in [0.2, 0.25) is 0 Å². The maximum Gasteiger partial charge on any atom is 0.326 e. The number of aromatic nitrogens is 2. The van der Waals surface area contributed by atoms with Crippen LogP contribution in [0, 0.1) is 5.92 Å². The van der Waals surface area contributed by atoms with E-state index in [1.807, 2.05) is 33.8 Å². The zero-order valence-electron chi connectivity index (χ0n) is 12.1. The molecule has 0 radical (unpaired) electrons. The highest BCUT2D eigenvalue weighted by Gasteiger charge is 2.20. The molecule has 0 fully saturated rings. The van der Waals surface area contributed by atoms with Crippen LogP contribution in [-0.2, 0) is 17.6 Å². The highest BCUT2D eigenvalue weighted by Crippen LogP contribution is 2.12. The van der Waals surface area contributed by atoms with Crippen molar-refractivity contribution in [3.05, 3.63) is 17.5 Å². The molecule has 0 aromatic carbocycles. The van der Waals surface area contributed by atoms with Gasteiger partial charge in [-0.3, -0.25) is 0 Å². The summed E-state index contributed by atoms with van der Waals surface area (Å²) < 4.78 is 0. The van der Waals surface area contributed by atoms with E-state index in [9.17, 15) is 9.90 Å². The number of anilines is 1. The highest BCUT2D eigenvalue weighted by molar-refractivity contribution is 5.76. The first-order chi connectivity index (χ1) is 8.96. The molecule has 0 bridgehead atoms. The third-order valence-corrected chi connectivity index (χ3v) is 2.87. The SMILES string of the molecule is CCc1cc(CC)nc(N[C@@H](CC(C)C)C(=O)O)n1. The lowest BCUT2D eigenvalue weighted by molar-refractivity contribution is -0.138. The van der Waals surface area contributed by atoms with E-state index >= 15 is 0 Å². The summed E-state index contributed by atoms with van der Waals surface area (Å²) in [5, 5.41) is 12.2. The Balaban J connectivity index is 2.91. The summed E-state index contributed by atoms with van der Waals surface area (Å²) in [5.41, 5.74) is 1.87. The Morgan fingerprint density at radius 2 is 1.79 bits per heavy atom. The van der Waals surface area contributed by atoms with Crippen LogP contribution in [0.1, 0.15) is 45.5 Å². The molecule has 0 amide bonds. The predicted octanol–water partition coefficient (Wildman–Crippen LogP) is 2.51. The van der Waals surface area contributed by atoms with Gasteiger partial charge in [0, 0.05) is 11.4 Å². The standard InChI is InChI=1S/C14H23N3O2/c1-5-10-8-11(6-2)16-14(15-10)17-12(13(18)19)7-9(3)4/h8-9,12H,5-7H2,1-4H3,(H,18,19)(H,15,16,17)/t12-/m0/s1. The molecule has 1 rings (SSSR count). The largest absolute Gasteiger partial charge is 0.480 e. The van der Waals surface area contributed by atoms with Crippen LogP contribution in [0.4, 0.5) is 5.95 Å². The van der Waals surface area contributed by atoms with Gasteiger partial charge < -0.3 is 10.4 Å². The molecule has 1 atom stereocenters. The molecule has 0 saturated heterocycles. The molecule has 0 aliphatic heterocycles. The summed E-state index contributed by atoms with van der Waals surface area (Å²) >= 11 is 0. The summed E-state index contributed by atoms with van der Waals surface area (Å²) in [7, 11) is 0. The van der Waals surface area contributed by atoms with E-state index in [0.717, 1.165) is 24.2 Å². The first kappa shape index (κ1) is 15.4. The monoisotopic (exact) mass is 265 g/mol. The number of rotatable bonds is 7. The smallest absolute Gasteiger partial charge is 0.326 e. The van der Waals surface area contributed by atoms with Crippen molar-refractivity contribution < 1.29 is 9.90 Å². The Bertz CT molecular complexity index is 410. The maximum atomic E-state index is 11.2. The van der Waals surface area contributed by atoms with E-state index < -0.39 is 12.0 Å². The van der Waals surface area contributed by atoms with E-state index in [4.69, 9.17) is 0 Å². The van der Waals surface area contributed by atoms with Crippen molar-refractivity contribution in [2.24, 2.45) is 5.92 Å². The van der Waals surface area contributed by atoms with Gasteiger partial charge in [0.05, 0.1) is 0 Å². The van der Waals surface area contributed by atoms with Crippen molar-refractivity contribution in [1.29, 1.82) is 0 Å². The van der Waals surface area contributed by atoms with Crippen LogP contribution < -0.4 is 5.32 Å². The number of hydrogen-bond donors (Lipinski definition) is 2. The van der Waals surface area contributed by atoms with Crippen molar-refractivity contribution in [1.82, 2.24) is 9.97 Å². The lowest BCUT2D eigenvalue weighted by atomic mass is 10.0. The average Bonchev–Trinajstić information content (AvgIpc) is 2.36. The minimum absolute atomic E-state index is 0.300. The number of carboxylic acids is 1. The summed E-state index contributed by atoms with van der Waals surface area (Å²) in [6.07, 6.45) is 2.18. The van der Waals surface area contributed by atoms with E-state index in [2.05, 4.69) is 15.3 Å². The van der Waals surface area contributed by atoms with E-state index in [1.54, 1.807) is 0 Å². The van der Waals surface area contributed by atoms with Gasteiger partial charge in [-0.25, -0.2) is 14.8 Å². The highest BCUT2D eigenvalue weighted by atomic mass is 16.4. The molecule has 1 aromatic rings. The van der Waals surface area contributed by atoms with Crippen LogP contribution in [0.3, 0.4) is 0 Å². The first-order valence-corrected chi connectivity index (χ1v) is 6.82. The number of carbonyl (C=O) groups is 1. The van der Waals surface area contributed by atoms with Crippen LogP contribution in [0.15, 0.2) is 6.07 Å². The second-order valence-corrected chi connectivity index (χ2v) is 5.05. The topological polar surface area (TPSA) is 75.1 Å². The van der Waals surface area contributed by atoms with Gasteiger partial charge in [0.25, 0.3) is 0 Å². The third-order valence-electron chi connectivity index (χ3n) is 2.87. The van der Waals surface area contributed by atoms with Crippen molar-refractivity contribution in [3.63, 3.8) is 0 Å². The lowest BCUT2D eigenvalue weighted by Crippen LogP contribution is -2.31. The van der Waals surface area contributed by atoms with Gasteiger partial charge in [0.2, 0.25) is 5.95 Å². The van der Waals surface area contributed by atoms with Gasteiger partial charge in [0.1, 0.15) is 6.04 Å². The van der Waals surface area contributed by atoms with Gasteiger partial charge in [-0.15, -0.1) is 0 Å². The molecule has 5 nitrogen and oxygen atoms in total. The Hall–Kier alpha value is -1.65. The summed E-state index contributed by atoms with van der Waals surface area (Å²) in [5.74, 6) is -0.143. The molecule has 19 heavy (non-hydrogen) atoms. The number of aryl methyl sites for hydroxylation is 2. The Labute approximate surface area is 114 Å². The van der Waals surface area contributed by atoms with Crippen molar-refractivity contribution in [3.8, 4) is 0 Å². The van der Waals surface area contributed by atoms with Gasteiger partial charge in [0.15, 0.2) is 0 Å². The van der Waals surface area contributed by atoms with Gasteiger partial charge >= 0.3 is 5.97 Å². The molecule has 0 unspecified atom stereocenters. The van der Waals surface area contributed by atoms with Gasteiger partial charge in [-0.1, -0.05) is 27.7 Å². The Morgan fingerprint density at radius 1 is 1.26 bits per heavy atom. The van der Waals surface area contributed by atoms with Crippen molar-refractivity contribution in [2.75, 3.05) is 5.32 Å². The first-order valence-electron chi connectivity index (χ1n) is 6.82. The van der Waals surface area contributed by atoms with E-state index in [1.165, 1.54) is 0 Å².